The third kappa shape index (κ3) is 3.29. The van der Waals surface area contributed by atoms with Crippen molar-refractivity contribution < 1.29 is 9.53 Å². The Morgan fingerprint density at radius 3 is 2.62 bits per heavy atom. The third-order valence-electron chi connectivity index (χ3n) is 5.84. The highest BCUT2D eigenvalue weighted by Gasteiger charge is 2.43. The van der Waals surface area contributed by atoms with Gasteiger partial charge in [-0.2, -0.15) is 0 Å². The van der Waals surface area contributed by atoms with E-state index in [0.29, 0.717) is 25.3 Å². The number of rotatable bonds is 2. The van der Waals surface area contributed by atoms with E-state index < -0.39 is 5.60 Å². The van der Waals surface area contributed by atoms with Crippen LogP contribution in [0.25, 0.3) is 11.4 Å². The average molecular weight is 386 g/mol. The Hall–Kier alpha value is -3.12. The van der Waals surface area contributed by atoms with Crippen LogP contribution in [0.15, 0.2) is 61.1 Å². The van der Waals surface area contributed by atoms with Crippen molar-refractivity contribution in [3.05, 3.63) is 77.9 Å². The molecule has 4 heterocycles. The van der Waals surface area contributed by atoms with Crippen molar-refractivity contribution in [2.45, 2.75) is 24.9 Å². The molecular weight excluding hydrogens is 364 g/mol. The largest absolute Gasteiger partial charge is 0.368 e. The van der Waals surface area contributed by atoms with Gasteiger partial charge in [-0.05, 0) is 37.0 Å². The molecule has 1 saturated heterocycles. The predicted molar refractivity (Wildman–Crippen MR) is 108 cm³/mol. The van der Waals surface area contributed by atoms with Crippen molar-refractivity contribution in [1.82, 2.24) is 19.9 Å². The summed E-state index contributed by atoms with van der Waals surface area (Å²) < 4.78 is 6.32. The summed E-state index contributed by atoms with van der Waals surface area (Å²) in [6, 6.07) is 13.6. The van der Waals surface area contributed by atoms with Crippen LogP contribution in [0.5, 0.6) is 0 Å². The number of pyridine rings is 1. The van der Waals surface area contributed by atoms with Gasteiger partial charge in [-0.25, -0.2) is 9.97 Å². The Morgan fingerprint density at radius 2 is 1.86 bits per heavy atom. The van der Waals surface area contributed by atoms with Crippen molar-refractivity contribution in [2.75, 3.05) is 19.7 Å². The summed E-state index contributed by atoms with van der Waals surface area (Å²) in [6.07, 6.45) is 7.54. The second-order valence-corrected chi connectivity index (χ2v) is 7.56. The molecule has 0 N–H and O–H groups in total. The van der Waals surface area contributed by atoms with Gasteiger partial charge in [0.2, 0.25) is 0 Å². The van der Waals surface area contributed by atoms with Gasteiger partial charge in [0.1, 0.15) is 5.60 Å². The molecule has 0 radical (unpaired) electrons. The number of carbonyl (C=O) groups excluding carboxylic acids is 1. The van der Waals surface area contributed by atoms with E-state index in [4.69, 9.17) is 9.72 Å². The van der Waals surface area contributed by atoms with Gasteiger partial charge >= 0.3 is 0 Å². The van der Waals surface area contributed by atoms with Crippen molar-refractivity contribution in [1.29, 1.82) is 0 Å². The lowest BCUT2D eigenvalue weighted by molar-refractivity contribution is -0.0967. The molecule has 5 rings (SSSR count). The molecule has 1 fully saturated rings. The van der Waals surface area contributed by atoms with Gasteiger partial charge in [-0.15, -0.1) is 0 Å². The second kappa shape index (κ2) is 7.37. The summed E-state index contributed by atoms with van der Waals surface area (Å²) in [6.45, 7) is 1.94. The first-order valence-corrected chi connectivity index (χ1v) is 10.0. The Balaban J connectivity index is 1.41. The first-order valence-electron chi connectivity index (χ1n) is 10.0. The molecule has 1 spiro atoms. The Morgan fingerprint density at radius 1 is 1.03 bits per heavy atom. The SMILES string of the molecule is O=C(c1cccnc1)N1CCC2(CC1)OCCc1cnc(-c3ccccc3)nc12. The smallest absolute Gasteiger partial charge is 0.255 e. The number of nitrogens with zero attached hydrogens (tertiary/aromatic N) is 4. The maximum absolute atomic E-state index is 12.8. The Labute approximate surface area is 169 Å². The van der Waals surface area contributed by atoms with E-state index in [1.807, 2.05) is 47.5 Å². The maximum atomic E-state index is 12.8. The minimum absolute atomic E-state index is 0.0247. The topological polar surface area (TPSA) is 68.2 Å². The zero-order valence-electron chi connectivity index (χ0n) is 16.1. The molecule has 1 aromatic carbocycles. The molecule has 6 nitrogen and oxygen atoms in total. The van der Waals surface area contributed by atoms with Crippen LogP contribution in [-0.2, 0) is 16.8 Å². The number of benzene rings is 1. The first kappa shape index (κ1) is 17.9. The molecule has 0 bridgehead atoms. The number of hydrogen-bond acceptors (Lipinski definition) is 5. The summed E-state index contributed by atoms with van der Waals surface area (Å²) in [5.41, 5.74) is 3.34. The summed E-state index contributed by atoms with van der Waals surface area (Å²) in [7, 11) is 0. The quantitative estimate of drug-likeness (QED) is 0.676. The van der Waals surface area contributed by atoms with Crippen LogP contribution < -0.4 is 0 Å². The molecule has 0 saturated carbocycles. The van der Waals surface area contributed by atoms with Crippen molar-refractivity contribution in [2.24, 2.45) is 0 Å². The van der Waals surface area contributed by atoms with Gasteiger partial charge < -0.3 is 9.64 Å². The van der Waals surface area contributed by atoms with E-state index in [-0.39, 0.29) is 5.91 Å². The molecule has 2 aliphatic heterocycles. The summed E-state index contributed by atoms with van der Waals surface area (Å²) in [5.74, 6) is 0.750. The van der Waals surface area contributed by atoms with Gasteiger partial charge in [0, 0.05) is 37.2 Å². The van der Waals surface area contributed by atoms with Crippen molar-refractivity contribution in [3.8, 4) is 11.4 Å². The van der Waals surface area contributed by atoms with Gasteiger partial charge in [0.15, 0.2) is 5.82 Å². The standard InChI is InChI=1S/C23H22N4O2/c28-22(19-7-4-11-24-15-19)27-12-9-23(10-13-27)20-18(8-14-29-23)16-25-21(26-20)17-5-2-1-3-6-17/h1-7,11,15-16H,8-10,12-14H2. The highest BCUT2D eigenvalue weighted by atomic mass is 16.5. The van der Waals surface area contributed by atoms with Crippen LogP contribution in [0.2, 0.25) is 0 Å². The maximum Gasteiger partial charge on any atom is 0.255 e. The fraction of sp³-hybridized carbons (Fsp3) is 0.304. The van der Waals surface area contributed by atoms with Crippen molar-refractivity contribution in [3.63, 3.8) is 0 Å². The fourth-order valence-corrected chi connectivity index (χ4v) is 4.26. The Kier molecular flexibility index (Phi) is 4.56. The highest BCUT2D eigenvalue weighted by Crippen LogP contribution is 2.41. The highest BCUT2D eigenvalue weighted by molar-refractivity contribution is 5.93. The minimum atomic E-state index is -0.439. The molecule has 3 aromatic rings. The fourth-order valence-electron chi connectivity index (χ4n) is 4.26. The molecule has 29 heavy (non-hydrogen) atoms. The second-order valence-electron chi connectivity index (χ2n) is 7.56. The van der Waals surface area contributed by atoms with Crippen LogP contribution in [0.1, 0.15) is 34.5 Å². The molecular formula is C23H22N4O2. The van der Waals surface area contributed by atoms with E-state index >= 15 is 0 Å². The first-order chi connectivity index (χ1) is 14.3. The van der Waals surface area contributed by atoms with Crippen LogP contribution in [0.4, 0.5) is 0 Å². The van der Waals surface area contributed by atoms with Gasteiger partial charge in [-0.3, -0.25) is 9.78 Å². The number of aromatic nitrogens is 3. The number of piperidine rings is 1. The normalized spacial score (nSPS) is 17.7. The number of carbonyl (C=O) groups is 1. The molecule has 1 amide bonds. The van der Waals surface area contributed by atoms with Gasteiger partial charge in [-0.1, -0.05) is 30.3 Å². The Bertz CT molecular complexity index is 1020. The van der Waals surface area contributed by atoms with Crippen LogP contribution in [0, 0.1) is 0 Å². The van der Waals surface area contributed by atoms with Crippen LogP contribution >= 0.6 is 0 Å². The summed E-state index contributed by atoms with van der Waals surface area (Å²) in [4.78, 5) is 28.3. The van der Waals surface area contributed by atoms with E-state index in [1.54, 1.807) is 18.5 Å². The lowest BCUT2D eigenvalue weighted by Crippen LogP contribution is -2.49. The molecule has 0 aliphatic carbocycles. The number of ether oxygens (including phenoxy) is 1. The zero-order chi connectivity index (χ0) is 19.7. The van der Waals surface area contributed by atoms with Gasteiger partial charge in [0.25, 0.3) is 5.91 Å². The summed E-state index contributed by atoms with van der Waals surface area (Å²) >= 11 is 0. The molecule has 146 valence electrons. The number of hydrogen-bond donors (Lipinski definition) is 0. The van der Waals surface area contributed by atoms with Crippen LogP contribution in [0.3, 0.4) is 0 Å². The van der Waals surface area contributed by atoms with Gasteiger partial charge in [0.05, 0.1) is 17.9 Å². The lowest BCUT2D eigenvalue weighted by Gasteiger charge is -2.44. The number of likely N-dealkylation sites (tertiary alicyclic amines) is 1. The molecule has 0 unspecified atom stereocenters. The molecule has 6 heteroatoms. The molecule has 0 atom stereocenters. The lowest BCUT2D eigenvalue weighted by atomic mass is 9.83. The summed E-state index contributed by atoms with van der Waals surface area (Å²) in [5, 5.41) is 0. The average Bonchev–Trinajstić information content (AvgIpc) is 2.80. The number of fused-ring (bicyclic) bond motifs is 2. The van der Waals surface area contributed by atoms with E-state index in [2.05, 4.69) is 9.97 Å². The van der Waals surface area contributed by atoms with Crippen molar-refractivity contribution >= 4 is 5.91 Å². The third-order valence-corrected chi connectivity index (χ3v) is 5.84. The van der Waals surface area contributed by atoms with E-state index in [1.165, 1.54) is 0 Å². The van der Waals surface area contributed by atoms with E-state index in [9.17, 15) is 4.79 Å². The monoisotopic (exact) mass is 386 g/mol. The van der Waals surface area contributed by atoms with E-state index in [0.717, 1.165) is 41.9 Å². The molecule has 2 aliphatic rings. The zero-order valence-corrected chi connectivity index (χ0v) is 16.1. The minimum Gasteiger partial charge on any atom is -0.368 e. The number of amides is 1. The van der Waals surface area contributed by atoms with Crippen LogP contribution in [-0.4, -0.2) is 45.5 Å². The molecule has 2 aromatic heterocycles. The predicted octanol–water partition coefficient (Wildman–Crippen LogP) is 3.24.